The van der Waals surface area contributed by atoms with Gasteiger partial charge in [0.05, 0.1) is 12.2 Å². The van der Waals surface area contributed by atoms with Crippen LogP contribution in [0.4, 0.5) is 8.78 Å². The second kappa shape index (κ2) is 21.2. The molecule has 1 fully saturated rings. The fourth-order valence-electron chi connectivity index (χ4n) is 6.86. The lowest BCUT2D eigenvalue weighted by Crippen LogP contribution is -2.20. The van der Waals surface area contributed by atoms with Crippen molar-refractivity contribution in [2.75, 3.05) is 6.61 Å². The molecule has 1 aliphatic rings. The largest absolute Gasteiger partial charge is 0.490 e. The zero-order valence-corrected chi connectivity index (χ0v) is 28.1. The van der Waals surface area contributed by atoms with Crippen molar-refractivity contribution in [3.63, 3.8) is 0 Å². The third-order valence-corrected chi connectivity index (χ3v) is 9.64. The number of unbranched alkanes of at least 4 members (excludes halogenated alkanes) is 11. The third-order valence-electron chi connectivity index (χ3n) is 9.64. The molecule has 0 amide bonds. The number of hydrogen-bond donors (Lipinski definition) is 0. The first-order valence-corrected chi connectivity index (χ1v) is 18.0. The van der Waals surface area contributed by atoms with Gasteiger partial charge in [-0.3, -0.25) is 0 Å². The Morgan fingerprint density at radius 1 is 0.800 bits per heavy atom. The molecule has 0 aromatic heterocycles. The monoisotopic (exact) mass is 624 g/mol. The van der Waals surface area contributed by atoms with Gasteiger partial charge in [-0.25, -0.2) is 9.18 Å². The van der Waals surface area contributed by atoms with Crippen molar-refractivity contribution < 1.29 is 23.0 Å². The molecule has 0 heterocycles. The summed E-state index contributed by atoms with van der Waals surface area (Å²) in [6, 6.07) is 10.0. The molecule has 0 saturated heterocycles. The van der Waals surface area contributed by atoms with Crippen LogP contribution in [0, 0.1) is 23.5 Å². The first-order chi connectivity index (χ1) is 22.0. The number of carbonyl (C=O) groups excluding carboxylic acids is 1. The maximum atomic E-state index is 14.9. The van der Waals surface area contributed by atoms with Crippen molar-refractivity contribution in [3.8, 4) is 11.5 Å². The molecule has 0 bridgehead atoms. The molecule has 1 saturated carbocycles. The van der Waals surface area contributed by atoms with Crippen LogP contribution in [-0.2, 0) is 0 Å². The lowest BCUT2D eigenvalue weighted by Gasteiger charge is -2.34. The molecule has 2 aromatic rings. The Hall–Kier alpha value is -2.69. The SMILES string of the molecule is C=CCC(c1ccc(OC(=O)c2ccc(OCCCCCCCCCCCC)c(F)c2F)cc1)[C@H]1CC[C@H](CCCCC)CC1. The molecule has 1 aliphatic carbocycles. The summed E-state index contributed by atoms with van der Waals surface area (Å²) in [4.78, 5) is 12.8. The van der Waals surface area contributed by atoms with Gasteiger partial charge in [-0.05, 0) is 73.3 Å². The number of esters is 1. The molecule has 250 valence electrons. The summed E-state index contributed by atoms with van der Waals surface area (Å²) < 4.78 is 40.5. The molecule has 45 heavy (non-hydrogen) atoms. The summed E-state index contributed by atoms with van der Waals surface area (Å²) in [6.07, 6.45) is 25.1. The second-order valence-electron chi connectivity index (χ2n) is 13.1. The first-order valence-electron chi connectivity index (χ1n) is 18.0. The fourth-order valence-corrected chi connectivity index (χ4v) is 6.86. The Kier molecular flexibility index (Phi) is 17.3. The molecule has 1 atom stereocenters. The average molecular weight is 625 g/mol. The highest BCUT2D eigenvalue weighted by molar-refractivity contribution is 5.91. The van der Waals surface area contributed by atoms with E-state index in [1.165, 1.54) is 114 Å². The van der Waals surface area contributed by atoms with E-state index in [1.54, 1.807) is 12.1 Å². The van der Waals surface area contributed by atoms with Crippen LogP contribution in [0.3, 0.4) is 0 Å². The van der Waals surface area contributed by atoms with Crippen molar-refractivity contribution in [1.82, 2.24) is 0 Å². The minimum atomic E-state index is -1.24. The molecule has 1 unspecified atom stereocenters. The van der Waals surface area contributed by atoms with Gasteiger partial charge in [0.1, 0.15) is 5.75 Å². The van der Waals surface area contributed by atoms with Gasteiger partial charge < -0.3 is 9.47 Å². The van der Waals surface area contributed by atoms with Crippen molar-refractivity contribution in [1.29, 1.82) is 0 Å². The Morgan fingerprint density at radius 3 is 2.02 bits per heavy atom. The highest BCUT2D eigenvalue weighted by atomic mass is 19.2. The van der Waals surface area contributed by atoms with Gasteiger partial charge in [0.25, 0.3) is 0 Å². The number of rotatable bonds is 22. The molecule has 0 N–H and O–H groups in total. The summed E-state index contributed by atoms with van der Waals surface area (Å²) in [5.74, 6) is -1.34. The molecular formula is C40H58F2O3. The maximum absolute atomic E-state index is 14.9. The number of ether oxygens (including phenoxy) is 2. The van der Waals surface area contributed by atoms with Crippen molar-refractivity contribution in [2.24, 2.45) is 11.8 Å². The number of benzene rings is 2. The third kappa shape index (κ3) is 12.6. The summed E-state index contributed by atoms with van der Waals surface area (Å²) in [5, 5.41) is 0. The summed E-state index contributed by atoms with van der Waals surface area (Å²) in [7, 11) is 0. The van der Waals surface area contributed by atoms with Crippen molar-refractivity contribution >= 4 is 5.97 Å². The minimum Gasteiger partial charge on any atom is -0.490 e. The van der Waals surface area contributed by atoms with Crippen LogP contribution >= 0.6 is 0 Å². The number of carbonyl (C=O) groups is 1. The van der Waals surface area contributed by atoms with Gasteiger partial charge >= 0.3 is 5.97 Å². The summed E-state index contributed by atoms with van der Waals surface area (Å²) in [5.41, 5.74) is 0.758. The number of hydrogen-bond acceptors (Lipinski definition) is 3. The predicted molar refractivity (Wildman–Crippen MR) is 182 cm³/mol. The topological polar surface area (TPSA) is 35.5 Å². The lowest BCUT2D eigenvalue weighted by atomic mass is 9.71. The van der Waals surface area contributed by atoms with Crippen molar-refractivity contribution in [2.45, 2.75) is 142 Å². The van der Waals surface area contributed by atoms with E-state index in [0.717, 1.165) is 31.6 Å². The van der Waals surface area contributed by atoms with Gasteiger partial charge in [0.15, 0.2) is 11.6 Å². The van der Waals surface area contributed by atoms with E-state index in [-0.39, 0.29) is 5.75 Å². The van der Waals surface area contributed by atoms with E-state index in [0.29, 0.717) is 24.2 Å². The van der Waals surface area contributed by atoms with E-state index in [4.69, 9.17) is 9.47 Å². The normalized spacial score (nSPS) is 17.2. The second-order valence-corrected chi connectivity index (χ2v) is 13.1. The Morgan fingerprint density at radius 2 is 1.40 bits per heavy atom. The molecule has 2 aromatic carbocycles. The Balaban J connectivity index is 1.45. The van der Waals surface area contributed by atoms with Gasteiger partial charge in [-0.1, -0.05) is 128 Å². The summed E-state index contributed by atoms with van der Waals surface area (Å²) in [6.45, 7) is 8.80. The molecule has 0 radical (unpaired) electrons. The smallest absolute Gasteiger partial charge is 0.346 e. The van der Waals surface area contributed by atoms with E-state index in [1.807, 2.05) is 18.2 Å². The highest BCUT2D eigenvalue weighted by Crippen LogP contribution is 2.42. The molecule has 3 rings (SSSR count). The van der Waals surface area contributed by atoms with Crippen LogP contribution in [0.15, 0.2) is 49.1 Å². The first kappa shape index (κ1) is 36.8. The Labute approximate surface area is 272 Å². The van der Waals surface area contributed by atoms with Gasteiger partial charge in [0, 0.05) is 0 Å². The van der Waals surface area contributed by atoms with Crippen LogP contribution in [0.2, 0.25) is 0 Å². The van der Waals surface area contributed by atoms with Gasteiger partial charge in [-0.15, -0.1) is 6.58 Å². The zero-order chi connectivity index (χ0) is 32.3. The highest BCUT2D eigenvalue weighted by Gasteiger charge is 2.28. The van der Waals surface area contributed by atoms with E-state index >= 15 is 0 Å². The maximum Gasteiger partial charge on any atom is 0.346 e. The lowest BCUT2D eigenvalue weighted by molar-refractivity contribution is 0.0728. The molecule has 3 nitrogen and oxygen atoms in total. The molecule has 0 aliphatic heterocycles. The van der Waals surface area contributed by atoms with Gasteiger partial charge in [0.2, 0.25) is 5.82 Å². The van der Waals surface area contributed by atoms with Crippen LogP contribution in [0.5, 0.6) is 11.5 Å². The summed E-state index contributed by atoms with van der Waals surface area (Å²) >= 11 is 0. The predicted octanol–water partition coefficient (Wildman–Crippen LogP) is 12.5. The standard InChI is InChI=1S/C40H58F2O3/c1-4-7-9-10-11-12-13-14-15-17-30-44-37-29-28-36(38(41)39(37)42)40(43)45-34-26-24-33(25-27-34)35(18-6-3)32-22-20-31(21-23-32)19-16-8-5-2/h6,24-29,31-32,35H,3-5,7-23,30H2,1-2H3/t31-,32-,35?. The van der Waals surface area contributed by atoms with E-state index in [9.17, 15) is 13.6 Å². The van der Waals surface area contributed by atoms with Crippen LogP contribution < -0.4 is 9.47 Å². The Bertz CT molecular complexity index is 1120. The number of halogens is 2. The fraction of sp³-hybridized carbons (Fsp3) is 0.625. The van der Waals surface area contributed by atoms with Gasteiger partial charge in [-0.2, -0.15) is 4.39 Å². The average Bonchev–Trinajstić information content (AvgIpc) is 3.05. The van der Waals surface area contributed by atoms with Crippen LogP contribution in [0.1, 0.15) is 158 Å². The minimum absolute atomic E-state index is 0.174. The molecule has 5 heteroatoms. The number of allylic oxidation sites excluding steroid dienone is 1. The van der Waals surface area contributed by atoms with Crippen molar-refractivity contribution in [3.05, 3.63) is 71.8 Å². The van der Waals surface area contributed by atoms with E-state index < -0.39 is 23.2 Å². The quantitative estimate of drug-likeness (QED) is 0.0566. The van der Waals surface area contributed by atoms with Crippen LogP contribution in [0.25, 0.3) is 0 Å². The molecular weight excluding hydrogens is 566 g/mol. The zero-order valence-electron chi connectivity index (χ0n) is 28.1. The van der Waals surface area contributed by atoms with E-state index in [2.05, 4.69) is 20.4 Å². The van der Waals surface area contributed by atoms with Crippen LogP contribution in [-0.4, -0.2) is 12.6 Å². The molecule has 0 spiro atoms.